The van der Waals surface area contributed by atoms with Crippen molar-refractivity contribution in [2.45, 2.75) is 13.8 Å². The van der Waals surface area contributed by atoms with Crippen LogP contribution in [-0.4, -0.2) is 11.4 Å². The van der Waals surface area contributed by atoms with Crippen molar-refractivity contribution in [3.63, 3.8) is 0 Å². The molecular formula is C10H10N2O. The van der Waals surface area contributed by atoms with Gasteiger partial charge in [-0.05, 0) is 42.7 Å². The Kier molecular flexibility index (Phi) is 2.65. The van der Waals surface area contributed by atoms with Gasteiger partial charge < -0.3 is 5.21 Å². The quantitative estimate of drug-likeness (QED) is 0.402. The van der Waals surface area contributed by atoms with Gasteiger partial charge in [0.2, 0.25) is 0 Å². The van der Waals surface area contributed by atoms with E-state index in [0.717, 1.165) is 16.7 Å². The van der Waals surface area contributed by atoms with Gasteiger partial charge in [-0.2, -0.15) is 5.26 Å². The highest BCUT2D eigenvalue weighted by Crippen LogP contribution is 2.14. The van der Waals surface area contributed by atoms with E-state index in [1.807, 2.05) is 26.0 Å². The molecule has 0 saturated carbocycles. The van der Waals surface area contributed by atoms with Crippen LogP contribution in [0.1, 0.15) is 22.3 Å². The van der Waals surface area contributed by atoms with Crippen molar-refractivity contribution >= 4 is 6.21 Å². The zero-order valence-corrected chi connectivity index (χ0v) is 7.57. The third kappa shape index (κ3) is 1.85. The van der Waals surface area contributed by atoms with Gasteiger partial charge in [0, 0.05) is 0 Å². The molecule has 1 N–H and O–H groups in total. The molecule has 0 fully saturated rings. The summed E-state index contributed by atoms with van der Waals surface area (Å²) in [6.07, 6.45) is 1.35. The maximum atomic E-state index is 8.79. The summed E-state index contributed by atoms with van der Waals surface area (Å²) in [5.41, 5.74) is 3.29. The molecule has 0 amide bonds. The second-order valence-corrected chi connectivity index (χ2v) is 2.89. The summed E-state index contributed by atoms with van der Waals surface area (Å²) in [5, 5.41) is 20.1. The van der Waals surface area contributed by atoms with E-state index in [9.17, 15) is 0 Å². The number of oxime groups is 1. The second-order valence-electron chi connectivity index (χ2n) is 2.89. The van der Waals surface area contributed by atoms with E-state index in [0.29, 0.717) is 5.56 Å². The van der Waals surface area contributed by atoms with Gasteiger partial charge in [0.05, 0.1) is 17.8 Å². The molecule has 0 radical (unpaired) electrons. The third-order valence-electron chi connectivity index (χ3n) is 1.87. The minimum Gasteiger partial charge on any atom is -0.411 e. The highest BCUT2D eigenvalue weighted by Gasteiger charge is 2.02. The molecule has 0 spiro atoms. The van der Waals surface area contributed by atoms with E-state index in [1.165, 1.54) is 6.21 Å². The number of nitrogens with zero attached hydrogens (tertiary/aromatic N) is 2. The Morgan fingerprint density at radius 2 is 1.92 bits per heavy atom. The molecule has 66 valence electrons. The van der Waals surface area contributed by atoms with Gasteiger partial charge in [0.15, 0.2) is 0 Å². The lowest BCUT2D eigenvalue weighted by Gasteiger charge is -2.02. The van der Waals surface area contributed by atoms with Crippen LogP contribution in [-0.2, 0) is 0 Å². The van der Waals surface area contributed by atoms with E-state index < -0.39 is 0 Å². The van der Waals surface area contributed by atoms with E-state index in [2.05, 4.69) is 11.2 Å². The summed E-state index contributed by atoms with van der Waals surface area (Å²) >= 11 is 0. The van der Waals surface area contributed by atoms with Crippen LogP contribution in [0.5, 0.6) is 0 Å². The Balaban J connectivity index is 3.30. The second kappa shape index (κ2) is 3.72. The third-order valence-corrected chi connectivity index (χ3v) is 1.87. The van der Waals surface area contributed by atoms with Crippen LogP contribution in [0.15, 0.2) is 17.3 Å². The van der Waals surface area contributed by atoms with E-state index in [4.69, 9.17) is 10.5 Å². The minimum atomic E-state index is 0.690. The summed E-state index contributed by atoms with van der Waals surface area (Å²) in [5.74, 6) is 0. The molecule has 0 aliphatic heterocycles. The Bertz CT molecular complexity index is 365. The van der Waals surface area contributed by atoms with Gasteiger partial charge in [-0.1, -0.05) is 5.16 Å². The average Bonchev–Trinajstić information content (AvgIpc) is 2.04. The van der Waals surface area contributed by atoms with Crippen molar-refractivity contribution in [1.29, 1.82) is 5.26 Å². The maximum absolute atomic E-state index is 8.79. The van der Waals surface area contributed by atoms with Gasteiger partial charge >= 0.3 is 0 Å². The van der Waals surface area contributed by atoms with E-state index in [-0.39, 0.29) is 0 Å². The smallest absolute Gasteiger partial charge is 0.0997 e. The van der Waals surface area contributed by atoms with Crippen molar-refractivity contribution in [3.05, 3.63) is 34.4 Å². The molecule has 1 aromatic rings. The molecule has 3 nitrogen and oxygen atoms in total. The molecule has 0 aromatic heterocycles. The standard InChI is InChI=1S/C10H10N2O/c1-7-3-9(6-12-13)4-8(2)10(7)5-11/h3-4,6,13H,1-2H3/b12-6+. The Labute approximate surface area is 76.9 Å². The summed E-state index contributed by atoms with van der Waals surface area (Å²) in [6.45, 7) is 3.72. The molecule has 0 atom stereocenters. The van der Waals surface area contributed by atoms with E-state index in [1.54, 1.807) is 0 Å². The van der Waals surface area contributed by atoms with Gasteiger partial charge in [-0.15, -0.1) is 0 Å². The van der Waals surface area contributed by atoms with Crippen LogP contribution in [0.4, 0.5) is 0 Å². The first-order chi connectivity index (χ1) is 6.19. The summed E-state index contributed by atoms with van der Waals surface area (Å²) < 4.78 is 0. The molecule has 3 heteroatoms. The summed E-state index contributed by atoms with van der Waals surface area (Å²) in [6, 6.07) is 5.75. The number of nitriles is 1. The van der Waals surface area contributed by atoms with Crippen molar-refractivity contribution in [1.82, 2.24) is 0 Å². The SMILES string of the molecule is Cc1cc(/C=N/O)cc(C)c1C#N. The lowest BCUT2D eigenvalue weighted by molar-refractivity contribution is 0.322. The molecule has 0 aliphatic carbocycles. The highest BCUT2D eigenvalue weighted by molar-refractivity contribution is 5.80. The first kappa shape index (κ1) is 9.27. The van der Waals surface area contributed by atoms with Crippen LogP contribution in [0.25, 0.3) is 0 Å². The van der Waals surface area contributed by atoms with Gasteiger partial charge in [0.25, 0.3) is 0 Å². The Morgan fingerprint density at radius 1 is 1.38 bits per heavy atom. The predicted octanol–water partition coefficient (Wildman–Crippen LogP) is 1.98. The molecule has 0 aliphatic rings. The first-order valence-corrected chi connectivity index (χ1v) is 3.88. The number of hydrogen-bond donors (Lipinski definition) is 1. The van der Waals surface area contributed by atoms with E-state index >= 15 is 0 Å². The lowest BCUT2D eigenvalue weighted by atomic mass is 10.0. The van der Waals surface area contributed by atoms with Crippen LogP contribution in [0.3, 0.4) is 0 Å². The molecule has 13 heavy (non-hydrogen) atoms. The first-order valence-electron chi connectivity index (χ1n) is 3.88. The fourth-order valence-electron chi connectivity index (χ4n) is 1.31. The van der Waals surface area contributed by atoms with Crippen molar-refractivity contribution < 1.29 is 5.21 Å². The maximum Gasteiger partial charge on any atom is 0.0997 e. The van der Waals surface area contributed by atoms with Crippen LogP contribution in [0, 0.1) is 25.2 Å². The summed E-state index contributed by atoms with van der Waals surface area (Å²) in [7, 11) is 0. The van der Waals surface area contributed by atoms with Crippen LogP contribution >= 0.6 is 0 Å². The highest BCUT2D eigenvalue weighted by atomic mass is 16.4. The van der Waals surface area contributed by atoms with Crippen molar-refractivity contribution in [2.75, 3.05) is 0 Å². The molecule has 0 bridgehead atoms. The lowest BCUT2D eigenvalue weighted by Crippen LogP contribution is -1.91. The monoisotopic (exact) mass is 174 g/mol. The average molecular weight is 174 g/mol. The van der Waals surface area contributed by atoms with Gasteiger partial charge in [-0.3, -0.25) is 0 Å². The minimum absolute atomic E-state index is 0.690. The van der Waals surface area contributed by atoms with Crippen molar-refractivity contribution in [2.24, 2.45) is 5.16 Å². The zero-order chi connectivity index (χ0) is 9.84. The Hall–Kier alpha value is -1.82. The van der Waals surface area contributed by atoms with Gasteiger partial charge in [-0.25, -0.2) is 0 Å². The molecule has 0 unspecified atom stereocenters. The number of hydrogen-bond acceptors (Lipinski definition) is 3. The molecule has 1 aromatic carbocycles. The normalized spacial score (nSPS) is 10.2. The zero-order valence-electron chi connectivity index (χ0n) is 7.57. The van der Waals surface area contributed by atoms with Crippen LogP contribution < -0.4 is 0 Å². The number of benzene rings is 1. The van der Waals surface area contributed by atoms with Gasteiger partial charge in [0.1, 0.15) is 0 Å². The van der Waals surface area contributed by atoms with Crippen LogP contribution in [0.2, 0.25) is 0 Å². The topological polar surface area (TPSA) is 56.4 Å². The molecular weight excluding hydrogens is 164 g/mol. The number of aryl methyl sites for hydroxylation is 2. The predicted molar refractivity (Wildman–Crippen MR) is 50.0 cm³/mol. The Morgan fingerprint density at radius 3 is 2.31 bits per heavy atom. The molecule has 1 rings (SSSR count). The fourth-order valence-corrected chi connectivity index (χ4v) is 1.31. The van der Waals surface area contributed by atoms with Crippen molar-refractivity contribution in [3.8, 4) is 6.07 Å². The molecule has 0 saturated heterocycles. The summed E-state index contributed by atoms with van der Waals surface area (Å²) in [4.78, 5) is 0. The number of rotatable bonds is 1. The molecule has 0 heterocycles. The largest absolute Gasteiger partial charge is 0.411 e. The fraction of sp³-hybridized carbons (Fsp3) is 0.200.